The predicted octanol–water partition coefficient (Wildman–Crippen LogP) is 5.70. The summed E-state index contributed by atoms with van der Waals surface area (Å²) in [4.78, 5) is 14.3. The molecule has 1 N–H and O–H groups in total. The Labute approximate surface area is 165 Å². The average molecular weight is 391 g/mol. The topological polar surface area (TPSA) is 32.3 Å². The molecule has 1 unspecified atom stereocenters. The Hall–Kier alpha value is -1.55. The highest BCUT2D eigenvalue weighted by molar-refractivity contribution is 6.35. The van der Waals surface area contributed by atoms with E-state index < -0.39 is 0 Å². The minimum absolute atomic E-state index is 0.0660. The summed E-state index contributed by atoms with van der Waals surface area (Å²) < 4.78 is 0. The summed E-state index contributed by atoms with van der Waals surface area (Å²) >= 11 is 12.7. The van der Waals surface area contributed by atoms with Crippen molar-refractivity contribution in [3.63, 3.8) is 0 Å². The standard InChI is InChI=1S/C21H24Cl2N2O/c1-3-4-8-21(26)24-16-7-5-6-14(9-16)18-12-25(2)13-19-17(18)10-15(22)11-20(19)23/h5-7,9-11,18H,3-4,8,12-13H2,1-2H3,(H,24,26). The number of rotatable bonds is 5. The molecule has 0 aromatic heterocycles. The first-order valence-corrected chi connectivity index (χ1v) is 9.79. The third kappa shape index (κ3) is 4.40. The van der Waals surface area contributed by atoms with Crippen LogP contribution in [0.3, 0.4) is 0 Å². The van der Waals surface area contributed by atoms with E-state index in [2.05, 4.69) is 36.3 Å². The molecule has 0 saturated carbocycles. The second-order valence-electron chi connectivity index (χ2n) is 6.98. The van der Waals surface area contributed by atoms with Crippen molar-refractivity contribution in [1.82, 2.24) is 4.90 Å². The maximum Gasteiger partial charge on any atom is 0.224 e. The quantitative estimate of drug-likeness (QED) is 0.709. The Morgan fingerprint density at radius 3 is 2.85 bits per heavy atom. The first-order chi connectivity index (χ1) is 12.5. The van der Waals surface area contributed by atoms with Crippen molar-refractivity contribution in [2.75, 3.05) is 18.9 Å². The van der Waals surface area contributed by atoms with Crippen LogP contribution in [-0.4, -0.2) is 24.4 Å². The van der Waals surface area contributed by atoms with E-state index in [0.717, 1.165) is 42.7 Å². The van der Waals surface area contributed by atoms with E-state index in [1.165, 1.54) is 5.56 Å². The first kappa shape index (κ1) is 19.2. The third-order valence-corrected chi connectivity index (χ3v) is 5.38. The Morgan fingerprint density at radius 1 is 1.27 bits per heavy atom. The van der Waals surface area contributed by atoms with Crippen LogP contribution in [0.4, 0.5) is 5.69 Å². The molecule has 0 fully saturated rings. The van der Waals surface area contributed by atoms with E-state index in [1.54, 1.807) is 0 Å². The monoisotopic (exact) mass is 390 g/mol. The highest BCUT2D eigenvalue weighted by Gasteiger charge is 2.27. The number of fused-ring (bicyclic) bond motifs is 1. The van der Waals surface area contributed by atoms with Crippen LogP contribution in [-0.2, 0) is 11.3 Å². The van der Waals surface area contributed by atoms with Crippen molar-refractivity contribution >= 4 is 34.8 Å². The summed E-state index contributed by atoms with van der Waals surface area (Å²) in [6.45, 7) is 3.79. The maximum atomic E-state index is 12.0. The van der Waals surface area contributed by atoms with Gasteiger partial charge in [0.05, 0.1) is 0 Å². The predicted molar refractivity (Wildman–Crippen MR) is 109 cm³/mol. The number of hydrogen-bond donors (Lipinski definition) is 1. The Bertz CT molecular complexity index is 807. The molecule has 1 aliphatic rings. The first-order valence-electron chi connectivity index (χ1n) is 9.04. The molecule has 0 aliphatic carbocycles. The van der Waals surface area contributed by atoms with Crippen LogP contribution < -0.4 is 5.32 Å². The van der Waals surface area contributed by atoms with Gasteiger partial charge >= 0.3 is 0 Å². The summed E-state index contributed by atoms with van der Waals surface area (Å²) in [6.07, 6.45) is 2.48. The molecule has 0 radical (unpaired) electrons. The van der Waals surface area contributed by atoms with Gasteiger partial charge in [-0.15, -0.1) is 0 Å². The lowest BCUT2D eigenvalue weighted by Gasteiger charge is -2.33. The van der Waals surface area contributed by atoms with Gasteiger partial charge < -0.3 is 10.2 Å². The van der Waals surface area contributed by atoms with Gasteiger partial charge in [-0.25, -0.2) is 0 Å². The van der Waals surface area contributed by atoms with Crippen LogP contribution >= 0.6 is 23.2 Å². The number of carbonyl (C=O) groups is 1. The highest BCUT2D eigenvalue weighted by atomic mass is 35.5. The lowest BCUT2D eigenvalue weighted by molar-refractivity contribution is -0.116. The van der Waals surface area contributed by atoms with E-state index >= 15 is 0 Å². The number of amides is 1. The van der Waals surface area contributed by atoms with Crippen molar-refractivity contribution in [2.24, 2.45) is 0 Å². The molecule has 0 spiro atoms. The molecule has 1 aliphatic heterocycles. The van der Waals surface area contributed by atoms with Crippen LogP contribution in [0.25, 0.3) is 0 Å². The molecular weight excluding hydrogens is 367 g/mol. The number of likely N-dealkylation sites (N-methyl/N-ethyl adjacent to an activating group) is 1. The van der Waals surface area contributed by atoms with E-state index in [1.807, 2.05) is 24.3 Å². The fourth-order valence-corrected chi connectivity index (χ4v) is 4.09. The van der Waals surface area contributed by atoms with Gasteiger partial charge in [-0.3, -0.25) is 4.79 Å². The summed E-state index contributed by atoms with van der Waals surface area (Å²) in [7, 11) is 2.09. The van der Waals surface area contributed by atoms with Crippen LogP contribution in [0.2, 0.25) is 10.0 Å². The number of carbonyl (C=O) groups excluding carboxylic acids is 1. The lowest BCUT2D eigenvalue weighted by atomic mass is 9.84. The number of nitrogens with one attached hydrogen (secondary N) is 1. The van der Waals surface area contributed by atoms with Crippen molar-refractivity contribution in [2.45, 2.75) is 38.6 Å². The number of anilines is 1. The molecule has 2 aromatic carbocycles. The Kier molecular flexibility index (Phi) is 6.23. The molecular formula is C21H24Cl2N2O. The third-order valence-electron chi connectivity index (χ3n) is 4.82. The van der Waals surface area contributed by atoms with Gasteiger partial charge in [0.2, 0.25) is 5.91 Å². The minimum Gasteiger partial charge on any atom is -0.326 e. The van der Waals surface area contributed by atoms with Gasteiger partial charge in [0.1, 0.15) is 0 Å². The second-order valence-corrected chi connectivity index (χ2v) is 7.83. The second kappa shape index (κ2) is 8.43. The van der Waals surface area contributed by atoms with Crippen LogP contribution in [0.1, 0.15) is 48.8 Å². The van der Waals surface area contributed by atoms with Gasteiger partial charge in [-0.2, -0.15) is 0 Å². The molecule has 0 bridgehead atoms. The number of nitrogens with zero attached hydrogens (tertiary/aromatic N) is 1. The van der Waals surface area contributed by atoms with Crippen molar-refractivity contribution < 1.29 is 4.79 Å². The van der Waals surface area contributed by atoms with Gasteiger partial charge in [-0.05, 0) is 54.4 Å². The molecule has 0 saturated heterocycles. The molecule has 3 nitrogen and oxygen atoms in total. The average Bonchev–Trinajstić information content (AvgIpc) is 2.60. The van der Waals surface area contributed by atoms with Gasteiger partial charge in [0.25, 0.3) is 0 Å². The molecule has 1 atom stereocenters. The van der Waals surface area contributed by atoms with E-state index in [-0.39, 0.29) is 11.8 Å². The number of halogens is 2. The SMILES string of the molecule is CCCCC(=O)Nc1cccc(C2CN(C)Cc3c(Cl)cc(Cl)cc32)c1. The van der Waals surface area contributed by atoms with Crippen LogP contribution in [0, 0.1) is 0 Å². The molecule has 26 heavy (non-hydrogen) atoms. The summed E-state index contributed by atoms with van der Waals surface area (Å²) in [5.74, 6) is 0.240. The molecule has 3 rings (SSSR count). The van der Waals surface area contributed by atoms with Gasteiger partial charge in [0.15, 0.2) is 0 Å². The number of hydrogen-bond acceptors (Lipinski definition) is 2. The smallest absolute Gasteiger partial charge is 0.224 e. The summed E-state index contributed by atoms with van der Waals surface area (Å²) in [5, 5.41) is 4.38. The van der Waals surface area contributed by atoms with Crippen molar-refractivity contribution in [3.8, 4) is 0 Å². The van der Waals surface area contributed by atoms with E-state index in [4.69, 9.17) is 23.2 Å². The van der Waals surface area contributed by atoms with E-state index in [0.29, 0.717) is 16.5 Å². The number of benzene rings is 2. The molecule has 2 aromatic rings. The van der Waals surface area contributed by atoms with Crippen LogP contribution in [0.5, 0.6) is 0 Å². The summed E-state index contributed by atoms with van der Waals surface area (Å²) in [6, 6.07) is 11.9. The minimum atomic E-state index is 0.0660. The fraction of sp³-hybridized carbons (Fsp3) is 0.381. The maximum absolute atomic E-state index is 12.0. The van der Waals surface area contributed by atoms with Crippen molar-refractivity contribution in [3.05, 3.63) is 63.1 Å². The Morgan fingerprint density at radius 2 is 2.08 bits per heavy atom. The van der Waals surface area contributed by atoms with Gasteiger partial charge in [-0.1, -0.05) is 48.7 Å². The highest BCUT2D eigenvalue weighted by Crippen LogP contribution is 2.38. The zero-order valence-corrected chi connectivity index (χ0v) is 16.7. The lowest BCUT2D eigenvalue weighted by Crippen LogP contribution is -2.31. The zero-order valence-electron chi connectivity index (χ0n) is 15.2. The number of unbranched alkanes of at least 4 members (excludes halogenated alkanes) is 1. The molecule has 1 amide bonds. The normalized spacial score (nSPS) is 17.0. The zero-order chi connectivity index (χ0) is 18.7. The molecule has 138 valence electrons. The van der Waals surface area contributed by atoms with Crippen molar-refractivity contribution in [1.29, 1.82) is 0 Å². The largest absolute Gasteiger partial charge is 0.326 e. The van der Waals surface area contributed by atoms with Gasteiger partial charge in [0, 0.05) is 41.2 Å². The Balaban J connectivity index is 1.90. The van der Waals surface area contributed by atoms with E-state index in [9.17, 15) is 4.79 Å². The molecule has 1 heterocycles. The van der Waals surface area contributed by atoms with Crippen LogP contribution in [0.15, 0.2) is 36.4 Å². The summed E-state index contributed by atoms with van der Waals surface area (Å²) in [5.41, 5.74) is 4.30. The molecule has 5 heteroatoms. The fourth-order valence-electron chi connectivity index (χ4n) is 3.52.